The number of aryl methyl sites for hydroxylation is 2. The van der Waals surface area contributed by atoms with Crippen LogP contribution in [-0.4, -0.2) is 19.6 Å². The molecule has 0 heterocycles. The highest BCUT2D eigenvalue weighted by molar-refractivity contribution is 5.94. The van der Waals surface area contributed by atoms with E-state index in [1.807, 2.05) is 45.9 Å². The number of carbonyl (C=O) groups excluding carboxylic acids is 1. The van der Waals surface area contributed by atoms with Gasteiger partial charge in [0.15, 0.2) is 0 Å². The Hall–Kier alpha value is -2.49. The van der Waals surface area contributed by atoms with Gasteiger partial charge in [0.05, 0.1) is 19.8 Å². The molecule has 0 spiro atoms. The monoisotopic (exact) mass is 369 g/mol. The van der Waals surface area contributed by atoms with E-state index in [2.05, 4.69) is 25.2 Å². The molecule has 2 aromatic carbocycles. The molecule has 2 aromatic rings. The van der Waals surface area contributed by atoms with Crippen molar-refractivity contribution >= 4 is 5.91 Å². The summed E-state index contributed by atoms with van der Waals surface area (Å²) in [5.41, 5.74) is 4.96. The molecular weight excluding hydrogens is 338 g/mol. The molecule has 1 N–H and O–H groups in total. The summed E-state index contributed by atoms with van der Waals surface area (Å²) in [4.78, 5) is 12.7. The topological polar surface area (TPSA) is 47.6 Å². The van der Waals surface area contributed by atoms with Crippen molar-refractivity contribution in [1.82, 2.24) is 5.32 Å². The standard InChI is InChI=1S/C23H31NO3/c1-8-27-21-10-9-18(11-16(21)5)23(25)24-17(6)20-13-19(14(2)3)22(26-7)12-15(20)4/h9-14,17H,8H2,1-7H3,(H,24,25). The summed E-state index contributed by atoms with van der Waals surface area (Å²) >= 11 is 0. The number of ether oxygens (including phenoxy) is 2. The van der Waals surface area contributed by atoms with Gasteiger partial charge < -0.3 is 14.8 Å². The Kier molecular flexibility index (Phi) is 6.89. The molecule has 0 aliphatic heterocycles. The highest BCUT2D eigenvalue weighted by Crippen LogP contribution is 2.32. The van der Waals surface area contributed by atoms with Crippen LogP contribution in [0.1, 0.15) is 72.3 Å². The summed E-state index contributed by atoms with van der Waals surface area (Å²) in [6.45, 7) is 12.9. The minimum Gasteiger partial charge on any atom is -0.496 e. The van der Waals surface area contributed by atoms with Gasteiger partial charge in [0.1, 0.15) is 11.5 Å². The lowest BCUT2D eigenvalue weighted by Crippen LogP contribution is -2.27. The molecule has 0 aliphatic carbocycles. The van der Waals surface area contributed by atoms with E-state index in [1.165, 1.54) is 0 Å². The molecule has 2 rings (SSSR count). The van der Waals surface area contributed by atoms with Gasteiger partial charge in [0.25, 0.3) is 5.91 Å². The molecule has 0 aromatic heterocycles. The van der Waals surface area contributed by atoms with Crippen molar-refractivity contribution < 1.29 is 14.3 Å². The van der Waals surface area contributed by atoms with Crippen molar-refractivity contribution in [2.75, 3.05) is 13.7 Å². The first-order valence-electron chi connectivity index (χ1n) is 9.51. The second-order valence-electron chi connectivity index (χ2n) is 7.21. The Bertz CT molecular complexity index is 812. The van der Waals surface area contributed by atoms with Crippen LogP contribution >= 0.6 is 0 Å². The van der Waals surface area contributed by atoms with Crippen LogP contribution in [0.5, 0.6) is 11.5 Å². The Morgan fingerprint density at radius 2 is 1.70 bits per heavy atom. The highest BCUT2D eigenvalue weighted by Gasteiger charge is 2.18. The van der Waals surface area contributed by atoms with E-state index in [0.29, 0.717) is 18.1 Å². The quantitative estimate of drug-likeness (QED) is 0.718. The van der Waals surface area contributed by atoms with Crippen LogP contribution in [0.15, 0.2) is 30.3 Å². The van der Waals surface area contributed by atoms with Gasteiger partial charge in [0.2, 0.25) is 0 Å². The average Bonchev–Trinajstić information content (AvgIpc) is 2.62. The summed E-state index contributed by atoms with van der Waals surface area (Å²) in [5.74, 6) is 1.97. The predicted octanol–water partition coefficient (Wildman–Crippen LogP) is 5.33. The van der Waals surface area contributed by atoms with E-state index in [9.17, 15) is 4.79 Å². The molecule has 146 valence electrons. The van der Waals surface area contributed by atoms with Gasteiger partial charge in [-0.05, 0) is 86.2 Å². The molecule has 27 heavy (non-hydrogen) atoms. The van der Waals surface area contributed by atoms with Gasteiger partial charge in [-0.3, -0.25) is 4.79 Å². The fourth-order valence-electron chi connectivity index (χ4n) is 3.28. The second kappa shape index (κ2) is 8.94. The Morgan fingerprint density at radius 1 is 1.00 bits per heavy atom. The van der Waals surface area contributed by atoms with Crippen molar-refractivity contribution in [1.29, 1.82) is 0 Å². The van der Waals surface area contributed by atoms with E-state index in [4.69, 9.17) is 9.47 Å². The van der Waals surface area contributed by atoms with Gasteiger partial charge in [-0.2, -0.15) is 0 Å². The molecule has 1 atom stereocenters. The highest BCUT2D eigenvalue weighted by atomic mass is 16.5. The number of hydrogen-bond acceptors (Lipinski definition) is 3. The first kappa shape index (κ1) is 20.8. The fraction of sp³-hybridized carbons (Fsp3) is 0.435. The van der Waals surface area contributed by atoms with Crippen LogP contribution in [0.25, 0.3) is 0 Å². The molecule has 0 saturated heterocycles. The van der Waals surface area contributed by atoms with Gasteiger partial charge in [-0.25, -0.2) is 0 Å². The van der Waals surface area contributed by atoms with Crippen molar-refractivity contribution in [3.63, 3.8) is 0 Å². The lowest BCUT2D eigenvalue weighted by Gasteiger charge is -2.21. The minimum absolute atomic E-state index is 0.0880. The maximum Gasteiger partial charge on any atom is 0.251 e. The molecule has 0 fully saturated rings. The zero-order valence-electron chi connectivity index (χ0n) is 17.5. The molecule has 0 bridgehead atoms. The molecule has 0 saturated carbocycles. The lowest BCUT2D eigenvalue weighted by molar-refractivity contribution is 0.0939. The normalized spacial score (nSPS) is 12.0. The summed E-state index contributed by atoms with van der Waals surface area (Å²) in [6, 6.07) is 9.62. The molecule has 1 amide bonds. The van der Waals surface area contributed by atoms with E-state index in [0.717, 1.165) is 33.8 Å². The maximum absolute atomic E-state index is 12.7. The summed E-state index contributed by atoms with van der Waals surface area (Å²) in [6.07, 6.45) is 0. The van der Waals surface area contributed by atoms with Crippen LogP contribution in [0.3, 0.4) is 0 Å². The van der Waals surface area contributed by atoms with Gasteiger partial charge in [-0.15, -0.1) is 0 Å². The van der Waals surface area contributed by atoms with Crippen LogP contribution in [-0.2, 0) is 0 Å². The number of methoxy groups -OCH3 is 1. The van der Waals surface area contributed by atoms with Crippen molar-refractivity contribution in [3.05, 3.63) is 58.1 Å². The minimum atomic E-state index is -0.104. The lowest BCUT2D eigenvalue weighted by atomic mass is 9.93. The average molecular weight is 370 g/mol. The molecular formula is C23H31NO3. The smallest absolute Gasteiger partial charge is 0.251 e. The first-order chi connectivity index (χ1) is 12.8. The Labute approximate surface area is 162 Å². The maximum atomic E-state index is 12.7. The molecule has 4 nitrogen and oxygen atoms in total. The summed E-state index contributed by atoms with van der Waals surface area (Å²) < 4.78 is 11.1. The van der Waals surface area contributed by atoms with Crippen molar-refractivity contribution in [2.45, 2.75) is 53.5 Å². The largest absolute Gasteiger partial charge is 0.496 e. The number of nitrogens with one attached hydrogen (secondary N) is 1. The number of rotatable bonds is 7. The van der Waals surface area contributed by atoms with Gasteiger partial charge in [-0.1, -0.05) is 13.8 Å². The van der Waals surface area contributed by atoms with E-state index in [-0.39, 0.29) is 11.9 Å². The third kappa shape index (κ3) is 4.82. The molecule has 0 aliphatic rings. The van der Waals surface area contributed by atoms with Crippen LogP contribution in [0.4, 0.5) is 0 Å². The van der Waals surface area contributed by atoms with E-state index >= 15 is 0 Å². The number of benzene rings is 2. The third-order valence-corrected chi connectivity index (χ3v) is 4.79. The summed E-state index contributed by atoms with van der Waals surface area (Å²) in [5, 5.41) is 3.12. The van der Waals surface area contributed by atoms with Crippen LogP contribution in [0, 0.1) is 13.8 Å². The van der Waals surface area contributed by atoms with E-state index < -0.39 is 0 Å². The number of carbonyl (C=O) groups is 1. The molecule has 1 unspecified atom stereocenters. The SMILES string of the molecule is CCOc1ccc(C(=O)NC(C)c2cc(C(C)C)c(OC)cc2C)cc1C. The third-order valence-electron chi connectivity index (χ3n) is 4.79. The van der Waals surface area contributed by atoms with Crippen LogP contribution in [0.2, 0.25) is 0 Å². The zero-order valence-corrected chi connectivity index (χ0v) is 17.5. The molecule has 0 radical (unpaired) electrons. The second-order valence-corrected chi connectivity index (χ2v) is 7.21. The summed E-state index contributed by atoms with van der Waals surface area (Å²) in [7, 11) is 1.69. The molecule has 4 heteroatoms. The van der Waals surface area contributed by atoms with Crippen LogP contribution < -0.4 is 14.8 Å². The predicted molar refractivity (Wildman–Crippen MR) is 110 cm³/mol. The number of amides is 1. The first-order valence-corrected chi connectivity index (χ1v) is 9.51. The fourth-order valence-corrected chi connectivity index (χ4v) is 3.28. The zero-order chi connectivity index (χ0) is 20.1. The van der Waals surface area contributed by atoms with Gasteiger partial charge in [0, 0.05) is 5.56 Å². The van der Waals surface area contributed by atoms with Crippen molar-refractivity contribution in [2.24, 2.45) is 0 Å². The van der Waals surface area contributed by atoms with E-state index in [1.54, 1.807) is 13.2 Å². The Morgan fingerprint density at radius 3 is 2.26 bits per heavy atom. The van der Waals surface area contributed by atoms with Gasteiger partial charge >= 0.3 is 0 Å². The number of hydrogen-bond donors (Lipinski definition) is 1. The Balaban J connectivity index is 2.24. The van der Waals surface area contributed by atoms with Crippen molar-refractivity contribution in [3.8, 4) is 11.5 Å².